The number of nitrogens with one attached hydrogen (secondary N) is 3. The van der Waals surface area contributed by atoms with Crippen LogP contribution in [-0.2, 0) is 31.0 Å². The number of rotatable bonds is 8. The van der Waals surface area contributed by atoms with Gasteiger partial charge in [0.2, 0.25) is 21.8 Å². The van der Waals surface area contributed by atoms with Crippen LogP contribution in [0.5, 0.6) is 5.19 Å². The van der Waals surface area contributed by atoms with E-state index >= 15 is 0 Å². The number of fused-ring (bicyclic) bond motifs is 3. The Bertz CT molecular complexity index is 1830. The van der Waals surface area contributed by atoms with Crippen LogP contribution in [0.15, 0.2) is 66.7 Å². The lowest BCUT2D eigenvalue weighted by molar-refractivity contribution is -0.141. The Morgan fingerprint density at radius 3 is 2.63 bits per heavy atom. The fourth-order valence-corrected chi connectivity index (χ4v) is 9.08. The third-order valence-corrected chi connectivity index (χ3v) is 13.5. The van der Waals surface area contributed by atoms with Gasteiger partial charge >= 0.3 is 0 Å². The molecule has 2 saturated carbocycles. The lowest BCUT2D eigenvalue weighted by Gasteiger charge is -2.30. The van der Waals surface area contributed by atoms with Gasteiger partial charge in [0.1, 0.15) is 17.7 Å². The zero-order valence-electron chi connectivity index (χ0n) is 27.6. The molecule has 3 aromatic rings. The van der Waals surface area contributed by atoms with Gasteiger partial charge in [-0.1, -0.05) is 78.8 Å². The fourth-order valence-electron chi connectivity index (χ4n) is 6.88. The van der Waals surface area contributed by atoms with Crippen molar-refractivity contribution in [1.29, 1.82) is 0 Å². The Hall–Kier alpha value is -3.81. The highest BCUT2D eigenvalue weighted by atomic mass is 32.2. The molecule has 2 aliphatic carbocycles. The van der Waals surface area contributed by atoms with Gasteiger partial charge in [-0.15, -0.1) is 0 Å². The van der Waals surface area contributed by atoms with Crippen LogP contribution in [0.1, 0.15) is 70.3 Å². The summed E-state index contributed by atoms with van der Waals surface area (Å²) in [6, 6.07) is 16.1. The molecule has 0 radical (unpaired) electrons. The highest BCUT2D eigenvalue weighted by molar-refractivity contribution is 7.91. The molecule has 49 heavy (non-hydrogen) atoms. The summed E-state index contributed by atoms with van der Waals surface area (Å²) in [5.41, 5.74) is 0.439. The summed E-state index contributed by atoms with van der Waals surface area (Å²) >= 11 is 1.41. The third-order valence-electron chi connectivity index (χ3n) is 10.4. The van der Waals surface area contributed by atoms with E-state index in [4.69, 9.17) is 4.74 Å². The van der Waals surface area contributed by atoms with E-state index in [2.05, 4.69) is 20.3 Å². The number of thiazole rings is 1. The van der Waals surface area contributed by atoms with Crippen LogP contribution in [-0.4, -0.2) is 71.0 Å². The number of allylic oxidation sites excluding steroid dienone is 1. The summed E-state index contributed by atoms with van der Waals surface area (Å²) in [6.45, 7) is 2.29. The second-order valence-corrected chi connectivity index (χ2v) is 17.3. The molecule has 3 N–H and O–H groups in total. The quantitative estimate of drug-likeness (QED) is 0.296. The molecule has 5 atom stereocenters. The topological polar surface area (TPSA) is 147 Å². The standard InChI is InChI=1S/C36H43N5O6S2/c1-35(18-19-35)49(45,46)40-33(44)36-21-25(36)14-8-3-2-4-9-16-28(37-22-24-12-6-5-7-13-24)32(43)41-23-26(20-29(41)31(42)39-36)47-34-38-27-15-10-11-17-30(27)48-34/h5-8,10-15,17,25-26,28-29,37H,2-4,9,16,18-23H2,1H3,(H,39,42)(H,40,44)/t25-,26-,28+,29+,36-/m1/s1. The molecular weight excluding hydrogens is 663 g/mol. The maximum absolute atomic E-state index is 14.4. The molecule has 260 valence electrons. The second kappa shape index (κ2) is 13.5. The van der Waals surface area contributed by atoms with Crippen molar-refractivity contribution in [3.8, 4) is 5.19 Å². The SMILES string of the molecule is CC1(S(=O)(=O)NC(=O)[C@@]23C[C@H]2C=CCCCCC[C@H](NCc2ccccc2)C(=O)N2C[C@H](Oc4nc5ccccc5s4)C[C@H]2C(=O)N3)CC1. The van der Waals surface area contributed by atoms with E-state index in [1.54, 1.807) is 11.8 Å². The van der Waals surface area contributed by atoms with Crippen LogP contribution in [0, 0.1) is 5.92 Å². The number of aromatic nitrogens is 1. The van der Waals surface area contributed by atoms with Crippen LogP contribution in [0.25, 0.3) is 10.2 Å². The van der Waals surface area contributed by atoms with Crippen LogP contribution in [0.4, 0.5) is 0 Å². The van der Waals surface area contributed by atoms with Gasteiger partial charge in [-0.25, -0.2) is 13.4 Å². The van der Waals surface area contributed by atoms with Crippen LogP contribution >= 0.6 is 11.3 Å². The van der Waals surface area contributed by atoms with Gasteiger partial charge in [0, 0.05) is 18.9 Å². The van der Waals surface area contributed by atoms with Gasteiger partial charge in [0.15, 0.2) is 0 Å². The number of ether oxygens (including phenoxy) is 1. The summed E-state index contributed by atoms with van der Waals surface area (Å²) < 4.78 is 34.8. The molecule has 1 aromatic heterocycles. The molecule has 3 heterocycles. The molecule has 3 fully saturated rings. The zero-order chi connectivity index (χ0) is 34.2. The number of hydrogen-bond acceptors (Lipinski definition) is 9. The van der Waals surface area contributed by atoms with E-state index in [0.29, 0.717) is 31.0 Å². The maximum atomic E-state index is 14.4. The normalized spacial score (nSPS) is 28.5. The van der Waals surface area contributed by atoms with Gasteiger partial charge < -0.3 is 20.3 Å². The van der Waals surface area contributed by atoms with Crippen molar-refractivity contribution >= 4 is 49.3 Å². The Morgan fingerprint density at radius 1 is 1.08 bits per heavy atom. The Balaban J connectivity index is 1.16. The minimum Gasteiger partial charge on any atom is -0.465 e. The van der Waals surface area contributed by atoms with Gasteiger partial charge in [0.25, 0.3) is 11.1 Å². The Labute approximate surface area is 290 Å². The van der Waals surface area contributed by atoms with Crippen molar-refractivity contribution in [2.24, 2.45) is 5.92 Å². The first-order chi connectivity index (χ1) is 23.6. The van der Waals surface area contributed by atoms with Crippen LogP contribution in [0.2, 0.25) is 0 Å². The molecule has 3 amide bonds. The van der Waals surface area contributed by atoms with Crippen molar-refractivity contribution < 1.29 is 27.5 Å². The van der Waals surface area contributed by atoms with Gasteiger partial charge in [-0.05, 0) is 63.1 Å². The second-order valence-electron chi connectivity index (χ2n) is 14.1. The first kappa shape index (κ1) is 33.7. The van der Waals surface area contributed by atoms with E-state index in [1.807, 2.05) is 66.7 Å². The molecule has 11 nitrogen and oxygen atoms in total. The van der Waals surface area contributed by atoms with Crippen molar-refractivity contribution in [3.05, 3.63) is 72.3 Å². The van der Waals surface area contributed by atoms with E-state index in [1.165, 1.54) is 11.3 Å². The first-order valence-electron chi connectivity index (χ1n) is 17.2. The minimum atomic E-state index is -3.92. The molecule has 4 aliphatic rings. The number of sulfonamides is 1. The highest BCUT2D eigenvalue weighted by Crippen LogP contribution is 2.47. The number of benzene rings is 2. The summed E-state index contributed by atoms with van der Waals surface area (Å²) in [4.78, 5) is 48.6. The monoisotopic (exact) mass is 705 g/mol. The Morgan fingerprint density at radius 2 is 1.86 bits per heavy atom. The molecule has 0 spiro atoms. The van der Waals surface area contributed by atoms with Gasteiger partial charge in [-0.2, -0.15) is 0 Å². The first-order valence-corrected chi connectivity index (χ1v) is 19.5. The van der Waals surface area contributed by atoms with Crippen LogP contribution in [0.3, 0.4) is 0 Å². The molecule has 0 unspecified atom stereocenters. The predicted octanol–water partition coefficient (Wildman–Crippen LogP) is 4.20. The van der Waals surface area contributed by atoms with E-state index in [0.717, 1.165) is 41.5 Å². The summed E-state index contributed by atoms with van der Waals surface area (Å²) in [6.07, 6.45) is 8.91. The molecule has 13 heteroatoms. The molecule has 0 bridgehead atoms. The summed E-state index contributed by atoms with van der Waals surface area (Å²) in [7, 11) is -3.92. The van der Waals surface area contributed by atoms with Crippen molar-refractivity contribution in [3.63, 3.8) is 0 Å². The van der Waals surface area contributed by atoms with Crippen molar-refractivity contribution in [1.82, 2.24) is 25.2 Å². The minimum absolute atomic E-state index is 0.172. The number of amides is 3. The lowest BCUT2D eigenvalue weighted by Crippen LogP contribution is -2.58. The molecular formula is C36H43N5O6S2. The molecule has 2 aromatic carbocycles. The molecule has 7 rings (SSSR count). The third kappa shape index (κ3) is 7.11. The fraction of sp³-hybridized carbons (Fsp3) is 0.500. The van der Waals surface area contributed by atoms with Crippen LogP contribution < -0.4 is 20.1 Å². The number of para-hydroxylation sites is 1. The average Bonchev–Trinajstić information content (AvgIpc) is 3.89. The molecule has 1 saturated heterocycles. The smallest absolute Gasteiger partial charge is 0.274 e. The number of nitrogens with zero attached hydrogens (tertiary/aromatic N) is 2. The lowest BCUT2D eigenvalue weighted by atomic mass is 10.0. The number of carbonyl (C=O) groups is 3. The largest absolute Gasteiger partial charge is 0.465 e. The van der Waals surface area contributed by atoms with E-state index in [-0.39, 0.29) is 31.2 Å². The molecule has 2 aliphatic heterocycles. The van der Waals surface area contributed by atoms with Gasteiger partial charge in [0.05, 0.1) is 27.6 Å². The summed E-state index contributed by atoms with van der Waals surface area (Å²) in [5, 5.41) is 6.87. The number of hydrogen-bond donors (Lipinski definition) is 3. The highest BCUT2D eigenvalue weighted by Gasteiger charge is 2.63. The average molecular weight is 706 g/mol. The van der Waals surface area contributed by atoms with E-state index in [9.17, 15) is 22.8 Å². The van der Waals surface area contributed by atoms with Gasteiger partial charge in [-0.3, -0.25) is 19.1 Å². The maximum Gasteiger partial charge on any atom is 0.274 e. The van der Waals surface area contributed by atoms with Crippen molar-refractivity contribution in [2.75, 3.05) is 6.54 Å². The van der Waals surface area contributed by atoms with E-state index < -0.39 is 50.3 Å². The Kier molecular flexibility index (Phi) is 9.27. The predicted molar refractivity (Wildman–Crippen MR) is 187 cm³/mol. The summed E-state index contributed by atoms with van der Waals surface area (Å²) in [5.74, 6) is -1.78. The van der Waals surface area contributed by atoms with Crippen molar-refractivity contribution in [2.45, 2.75) is 99.7 Å². The number of carbonyl (C=O) groups excluding carboxylic acids is 3. The zero-order valence-corrected chi connectivity index (χ0v) is 29.2.